The number of urea groups is 1. The van der Waals surface area contributed by atoms with E-state index in [4.69, 9.17) is 0 Å². The summed E-state index contributed by atoms with van der Waals surface area (Å²) in [6.07, 6.45) is -3.69. The second-order valence-corrected chi connectivity index (χ2v) is 8.50. The highest BCUT2D eigenvalue weighted by atomic mass is 19.4. The van der Waals surface area contributed by atoms with E-state index in [2.05, 4.69) is 5.32 Å². The molecule has 36 heavy (non-hydrogen) atoms. The van der Waals surface area contributed by atoms with Gasteiger partial charge in [-0.15, -0.1) is 0 Å². The number of carboxylic acid groups (broad SMARTS) is 1. The van der Waals surface area contributed by atoms with Crippen LogP contribution in [0.4, 0.5) is 23.7 Å². The van der Waals surface area contributed by atoms with Gasteiger partial charge in [0, 0.05) is 25.0 Å². The van der Waals surface area contributed by atoms with Gasteiger partial charge in [-0.1, -0.05) is 12.1 Å². The second-order valence-electron chi connectivity index (χ2n) is 8.50. The molecular formula is C24H19F3N4O5. The first-order valence-corrected chi connectivity index (χ1v) is 11.0. The van der Waals surface area contributed by atoms with Gasteiger partial charge in [-0.2, -0.15) is 13.2 Å². The Bertz CT molecular complexity index is 1510. The Balaban J connectivity index is 1.65. The maximum Gasteiger partial charge on any atom is 0.416 e. The molecule has 9 nitrogen and oxygen atoms in total. The number of nitrogens with one attached hydrogen (secondary N) is 1. The summed E-state index contributed by atoms with van der Waals surface area (Å²) in [4.78, 5) is 51.8. The Labute approximate surface area is 201 Å². The number of aromatic carboxylic acids is 1. The number of fused-ring (bicyclic) bond motifs is 1. The monoisotopic (exact) mass is 500 g/mol. The lowest BCUT2D eigenvalue weighted by Crippen LogP contribution is -2.43. The maximum atomic E-state index is 13.5. The minimum atomic E-state index is -4.61. The first-order valence-electron chi connectivity index (χ1n) is 11.0. The normalized spacial score (nSPS) is 17.2. The number of carbonyl (C=O) groups is 2. The lowest BCUT2D eigenvalue weighted by atomic mass is 10.0. The zero-order chi connectivity index (χ0) is 25.8. The minimum Gasteiger partial charge on any atom is -0.477 e. The third kappa shape index (κ3) is 3.74. The fraction of sp³-hybridized carbons (Fsp3) is 0.250. The third-order valence-corrected chi connectivity index (χ3v) is 6.50. The summed E-state index contributed by atoms with van der Waals surface area (Å²) in [6.45, 7) is 0.930. The summed E-state index contributed by atoms with van der Waals surface area (Å²) in [5, 5.41) is 12.3. The van der Waals surface area contributed by atoms with E-state index in [1.807, 2.05) is 0 Å². The topological polar surface area (TPSA) is 114 Å². The lowest BCUT2D eigenvalue weighted by Gasteiger charge is -2.19. The van der Waals surface area contributed by atoms with Crippen LogP contribution in [0.3, 0.4) is 0 Å². The van der Waals surface area contributed by atoms with E-state index < -0.39 is 40.6 Å². The molecule has 0 saturated carbocycles. The Kier molecular flexibility index (Phi) is 5.46. The molecule has 1 saturated heterocycles. The number of carbonyl (C=O) groups excluding carboxylic acids is 1. The van der Waals surface area contributed by atoms with E-state index in [-0.39, 0.29) is 35.7 Å². The van der Waals surface area contributed by atoms with Gasteiger partial charge in [0.1, 0.15) is 5.56 Å². The van der Waals surface area contributed by atoms with Gasteiger partial charge in [-0.25, -0.2) is 14.4 Å². The first-order chi connectivity index (χ1) is 17.1. The van der Waals surface area contributed by atoms with E-state index in [1.165, 1.54) is 29.2 Å². The number of alkyl halides is 3. The van der Waals surface area contributed by atoms with Crippen molar-refractivity contribution in [2.75, 3.05) is 18.0 Å². The van der Waals surface area contributed by atoms with E-state index in [0.717, 1.165) is 21.4 Å². The van der Waals surface area contributed by atoms with E-state index >= 15 is 0 Å². The highest BCUT2D eigenvalue weighted by Crippen LogP contribution is 2.41. The number of halogens is 3. The molecule has 1 fully saturated rings. The first kappa shape index (κ1) is 23.4. The summed E-state index contributed by atoms with van der Waals surface area (Å²) >= 11 is 0. The maximum absolute atomic E-state index is 13.5. The van der Waals surface area contributed by atoms with Gasteiger partial charge in [0.2, 0.25) is 0 Å². The molecule has 2 N–H and O–H groups in total. The fourth-order valence-corrected chi connectivity index (χ4v) is 4.86. The van der Waals surface area contributed by atoms with Crippen LogP contribution in [0.5, 0.6) is 0 Å². The van der Waals surface area contributed by atoms with Crippen molar-refractivity contribution in [3.63, 3.8) is 0 Å². The molecule has 2 aromatic carbocycles. The van der Waals surface area contributed by atoms with Crippen LogP contribution < -0.4 is 21.5 Å². The number of anilines is 1. The number of aromatic nitrogens is 2. The van der Waals surface area contributed by atoms with Crippen LogP contribution in [0.1, 0.15) is 39.5 Å². The summed E-state index contributed by atoms with van der Waals surface area (Å²) in [5.74, 6) is -1.57. The molecule has 5 rings (SSSR count). The quantitative estimate of drug-likeness (QED) is 0.572. The second kappa shape index (κ2) is 8.40. The zero-order valence-electron chi connectivity index (χ0n) is 18.6. The van der Waals surface area contributed by atoms with Crippen LogP contribution in [0.15, 0.2) is 58.3 Å². The van der Waals surface area contributed by atoms with Crippen LogP contribution in [0, 0.1) is 0 Å². The molecule has 1 aliphatic heterocycles. The van der Waals surface area contributed by atoms with Gasteiger partial charge >= 0.3 is 23.9 Å². The van der Waals surface area contributed by atoms with Crippen molar-refractivity contribution < 1.29 is 27.9 Å². The van der Waals surface area contributed by atoms with E-state index in [9.17, 15) is 37.5 Å². The largest absolute Gasteiger partial charge is 0.477 e. The van der Waals surface area contributed by atoms with Gasteiger partial charge < -0.3 is 10.4 Å². The number of benzene rings is 2. The molecule has 0 radical (unpaired) electrons. The number of carboxylic acids is 1. The Morgan fingerprint density at radius 2 is 1.72 bits per heavy atom. The number of hydrogen-bond donors (Lipinski definition) is 2. The smallest absolute Gasteiger partial charge is 0.416 e. The molecule has 1 aliphatic carbocycles. The zero-order valence-corrected chi connectivity index (χ0v) is 18.6. The molecule has 0 unspecified atom stereocenters. The third-order valence-electron chi connectivity index (χ3n) is 6.50. The number of nitrogens with zero attached hydrogens (tertiary/aromatic N) is 3. The van der Waals surface area contributed by atoms with Crippen molar-refractivity contribution in [3.05, 3.63) is 91.8 Å². The van der Waals surface area contributed by atoms with Crippen molar-refractivity contribution in [1.82, 2.24) is 14.5 Å². The van der Waals surface area contributed by atoms with Gasteiger partial charge in [0.05, 0.1) is 17.3 Å². The Morgan fingerprint density at radius 1 is 1.03 bits per heavy atom. The molecular weight excluding hydrogens is 481 g/mol. The molecule has 2 amide bonds. The van der Waals surface area contributed by atoms with Crippen molar-refractivity contribution >= 4 is 17.7 Å². The van der Waals surface area contributed by atoms with Crippen molar-refractivity contribution in [3.8, 4) is 5.69 Å². The average molecular weight is 500 g/mol. The summed E-state index contributed by atoms with van der Waals surface area (Å²) in [5.41, 5.74) is -2.59. The molecule has 2 heterocycles. The van der Waals surface area contributed by atoms with Crippen LogP contribution in [0.25, 0.3) is 5.69 Å². The van der Waals surface area contributed by atoms with Crippen molar-refractivity contribution in [2.24, 2.45) is 0 Å². The summed E-state index contributed by atoms with van der Waals surface area (Å²) in [6, 6.07) is 8.37. The van der Waals surface area contributed by atoms with Crippen molar-refractivity contribution in [1.29, 1.82) is 0 Å². The molecule has 12 heteroatoms. The molecule has 1 aromatic heterocycles. The number of amides is 2. The van der Waals surface area contributed by atoms with Gasteiger partial charge in [-0.05, 0) is 54.3 Å². The van der Waals surface area contributed by atoms with Gasteiger partial charge in [0.15, 0.2) is 0 Å². The predicted octanol–water partition coefficient (Wildman–Crippen LogP) is 2.78. The van der Waals surface area contributed by atoms with Gasteiger partial charge in [0.25, 0.3) is 5.56 Å². The molecule has 186 valence electrons. The minimum absolute atomic E-state index is 0.0122. The summed E-state index contributed by atoms with van der Waals surface area (Å²) in [7, 11) is 0. The number of rotatable bonds is 4. The molecule has 1 atom stereocenters. The van der Waals surface area contributed by atoms with E-state index in [0.29, 0.717) is 18.8 Å². The van der Waals surface area contributed by atoms with Gasteiger partial charge in [-0.3, -0.25) is 18.8 Å². The van der Waals surface area contributed by atoms with E-state index in [1.54, 1.807) is 12.1 Å². The Morgan fingerprint density at radius 3 is 2.33 bits per heavy atom. The highest BCUT2D eigenvalue weighted by molar-refractivity contribution is 5.94. The highest BCUT2D eigenvalue weighted by Gasteiger charge is 2.38. The standard InChI is InChI=1S/C24H19F3N4O5/c25-24(26,27)18-3-1-2-16-15(18)8-9-19(16)31-20(32)17(21(33)34)12-30(23(31)36)14-6-4-13(5-7-14)29-11-10-28-22(29)35/h1-7,12,19H,8-11H2,(H,28,35)(H,33,34)/t19-/m1/s1. The lowest BCUT2D eigenvalue weighted by molar-refractivity contribution is -0.138. The van der Waals surface area contributed by atoms with Crippen LogP contribution >= 0.6 is 0 Å². The van der Waals surface area contributed by atoms with Crippen LogP contribution in [0.2, 0.25) is 0 Å². The molecule has 3 aromatic rings. The molecule has 0 bridgehead atoms. The van der Waals surface area contributed by atoms with Crippen LogP contribution in [-0.2, 0) is 12.6 Å². The fourth-order valence-electron chi connectivity index (χ4n) is 4.86. The molecule has 2 aliphatic rings. The number of hydrogen-bond acceptors (Lipinski definition) is 4. The summed E-state index contributed by atoms with van der Waals surface area (Å²) < 4.78 is 42.2. The Hall–Kier alpha value is -4.35. The SMILES string of the molecule is O=C(O)c1cn(-c2ccc(N3CCNC3=O)cc2)c(=O)n([C@@H]2CCc3c2cccc3C(F)(F)F)c1=O. The average Bonchev–Trinajstić information content (AvgIpc) is 3.45. The van der Waals surface area contributed by atoms with Crippen LogP contribution in [-0.4, -0.2) is 39.3 Å². The van der Waals surface area contributed by atoms with Crippen molar-refractivity contribution in [2.45, 2.75) is 25.1 Å². The predicted molar refractivity (Wildman–Crippen MR) is 122 cm³/mol. The molecule has 0 spiro atoms.